The van der Waals surface area contributed by atoms with Crippen molar-refractivity contribution < 1.29 is 0 Å². The van der Waals surface area contributed by atoms with Crippen LogP contribution in [0, 0.1) is 6.92 Å². The molecular weight excluding hydrogens is 386 g/mol. The molecule has 5 aromatic rings. The van der Waals surface area contributed by atoms with Gasteiger partial charge in [0.25, 0.3) is 0 Å². The molecule has 32 heavy (non-hydrogen) atoms. The summed E-state index contributed by atoms with van der Waals surface area (Å²) in [5.41, 5.74) is 10.6. The molecule has 1 heteroatoms. The average molecular weight is 412 g/mol. The van der Waals surface area contributed by atoms with Crippen LogP contribution >= 0.6 is 0 Å². The predicted molar refractivity (Wildman–Crippen MR) is 136 cm³/mol. The van der Waals surface area contributed by atoms with E-state index in [2.05, 4.69) is 121 Å². The van der Waals surface area contributed by atoms with E-state index < -0.39 is 0 Å². The molecule has 1 aliphatic rings. The van der Waals surface area contributed by atoms with Crippen molar-refractivity contribution >= 4 is 16.5 Å². The number of hydrogen-bond donors (Lipinski definition) is 0. The summed E-state index contributed by atoms with van der Waals surface area (Å²) in [5, 5.41) is 2.80. The van der Waals surface area contributed by atoms with E-state index in [9.17, 15) is 0 Å². The van der Waals surface area contributed by atoms with Gasteiger partial charge in [0.05, 0.1) is 5.69 Å². The topological polar surface area (TPSA) is 3.24 Å². The van der Waals surface area contributed by atoms with Gasteiger partial charge in [-0.2, -0.15) is 0 Å². The van der Waals surface area contributed by atoms with Crippen molar-refractivity contribution in [2.24, 2.45) is 0 Å². The van der Waals surface area contributed by atoms with Gasteiger partial charge in [0.2, 0.25) is 0 Å². The van der Waals surface area contributed by atoms with Gasteiger partial charge in [-0.15, -0.1) is 0 Å². The first-order valence-corrected chi connectivity index (χ1v) is 11.3. The Labute approximate surface area is 189 Å². The highest BCUT2D eigenvalue weighted by atomic mass is 15.1. The Bertz CT molecular complexity index is 1360. The van der Waals surface area contributed by atoms with Crippen LogP contribution in [0.5, 0.6) is 0 Å². The van der Waals surface area contributed by atoms with Crippen LogP contribution in [0.15, 0.2) is 109 Å². The van der Waals surface area contributed by atoms with E-state index >= 15 is 0 Å². The normalized spacial score (nSPS) is 12.8. The van der Waals surface area contributed by atoms with E-state index in [4.69, 9.17) is 0 Å². The van der Waals surface area contributed by atoms with Gasteiger partial charge in [-0.3, -0.25) is 0 Å². The number of aryl methyl sites for hydroxylation is 1. The lowest BCUT2D eigenvalue weighted by Gasteiger charge is -2.34. The number of hydrogen-bond acceptors (Lipinski definition) is 1. The molecule has 0 N–H and O–H groups in total. The number of benzene rings is 5. The first-order valence-electron chi connectivity index (χ1n) is 11.3. The summed E-state index contributed by atoms with van der Waals surface area (Å²) >= 11 is 0. The van der Waals surface area contributed by atoms with Gasteiger partial charge >= 0.3 is 0 Å². The minimum atomic E-state index is 0.914. The van der Waals surface area contributed by atoms with Crippen molar-refractivity contribution in [3.05, 3.63) is 126 Å². The van der Waals surface area contributed by atoms with Crippen LogP contribution < -0.4 is 4.90 Å². The Morgan fingerprint density at radius 3 is 1.81 bits per heavy atom. The summed E-state index contributed by atoms with van der Waals surface area (Å²) < 4.78 is 0. The average Bonchev–Trinajstić information content (AvgIpc) is 2.84. The van der Waals surface area contributed by atoms with Crippen molar-refractivity contribution in [3.63, 3.8) is 0 Å². The molecule has 0 bridgehead atoms. The van der Waals surface area contributed by atoms with Crippen LogP contribution in [0.2, 0.25) is 0 Å². The molecular formula is C31H25N. The number of rotatable bonds is 3. The molecule has 1 nitrogen and oxygen atoms in total. The van der Waals surface area contributed by atoms with Gasteiger partial charge in [-0.05, 0) is 39.9 Å². The predicted octanol–water partition coefficient (Wildman–Crippen LogP) is 8.00. The van der Waals surface area contributed by atoms with Crippen LogP contribution in [0.1, 0.15) is 16.7 Å². The van der Waals surface area contributed by atoms with Crippen LogP contribution in [-0.4, -0.2) is 0 Å². The second-order valence-electron chi connectivity index (χ2n) is 8.73. The summed E-state index contributed by atoms with van der Waals surface area (Å²) in [4.78, 5) is 2.57. The molecule has 0 amide bonds. The molecule has 0 radical (unpaired) electrons. The zero-order chi connectivity index (χ0) is 21.5. The minimum Gasteiger partial charge on any atom is -0.362 e. The Kier molecular flexibility index (Phi) is 4.54. The van der Waals surface area contributed by atoms with Crippen molar-refractivity contribution in [2.75, 3.05) is 4.90 Å². The highest BCUT2D eigenvalue weighted by Crippen LogP contribution is 2.43. The Morgan fingerprint density at radius 2 is 1.16 bits per heavy atom. The van der Waals surface area contributed by atoms with E-state index in [1.165, 1.54) is 55.4 Å². The van der Waals surface area contributed by atoms with Crippen molar-refractivity contribution in [1.82, 2.24) is 0 Å². The van der Waals surface area contributed by atoms with Crippen LogP contribution in [0.4, 0.5) is 5.69 Å². The molecule has 5 aromatic carbocycles. The van der Waals surface area contributed by atoms with Crippen molar-refractivity contribution in [2.45, 2.75) is 20.0 Å². The van der Waals surface area contributed by atoms with Crippen LogP contribution in [-0.2, 0) is 13.1 Å². The molecule has 0 unspecified atom stereocenters. The summed E-state index contributed by atoms with van der Waals surface area (Å²) in [6.45, 7) is 4.03. The standard InChI is InChI=1S/C31H25N/c1-22-18-25-14-8-15-26-20-32(21-27(19-22)30(25)26)31-28(23-10-4-2-5-11-23)16-9-17-29(31)24-12-6-3-7-13-24/h2-19H,20-21H2,1H3. The van der Waals surface area contributed by atoms with Gasteiger partial charge in [-0.1, -0.05) is 115 Å². The van der Waals surface area contributed by atoms with Gasteiger partial charge in [-0.25, -0.2) is 0 Å². The van der Waals surface area contributed by atoms with E-state index in [1.807, 2.05) is 0 Å². The molecule has 0 aromatic heterocycles. The highest BCUT2D eigenvalue weighted by Gasteiger charge is 2.24. The molecule has 0 atom stereocenters. The third-order valence-electron chi connectivity index (χ3n) is 6.53. The van der Waals surface area contributed by atoms with Crippen LogP contribution in [0.25, 0.3) is 33.0 Å². The first kappa shape index (κ1) is 18.9. The maximum Gasteiger partial charge on any atom is 0.0531 e. The second-order valence-corrected chi connectivity index (χ2v) is 8.73. The van der Waals surface area contributed by atoms with E-state index in [0.29, 0.717) is 0 Å². The first-order chi connectivity index (χ1) is 15.8. The summed E-state index contributed by atoms with van der Waals surface area (Å²) in [6, 6.07) is 39.7. The molecule has 154 valence electrons. The van der Waals surface area contributed by atoms with Crippen LogP contribution in [0.3, 0.4) is 0 Å². The lowest BCUT2D eigenvalue weighted by molar-refractivity contribution is 0.790. The Hall–Kier alpha value is -3.84. The van der Waals surface area contributed by atoms with E-state index in [0.717, 1.165) is 13.1 Å². The monoisotopic (exact) mass is 411 g/mol. The third kappa shape index (κ3) is 3.18. The van der Waals surface area contributed by atoms with Gasteiger partial charge in [0.15, 0.2) is 0 Å². The molecule has 0 fully saturated rings. The van der Waals surface area contributed by atoms with Gasteiger partial charge in [0.1, 0.15) is 0 Å². The Morgan fingerprint density at radius 1 is 0.562 bits per heavy atom. The summed E-state index contributed by atoms with van der Waals surface area (Å²) in [7, 11) is 0. The Balaban J connectivity index is 1.58. The summed E-state index contributed by atoms with van der Waals surface area (Å²) in [6.07, 6.45) is 0. The van der Waals surface area contributed by atoms with E-state index in [1.54, 1.807) is 0 Å². The number of nitrogens with zero attached hydrogens (tertiary/aromatic N) is 1. The fourth-order valence-electron chi connectivity index (χ4n) is 5.23. The van der Waals surface area contributed by atoms with Gasteiger partial charge in [0, 0.05) is 24.2 Å². The minimum absolute atomic E-state index is 0.914. The lowest BCUT2D eigenvalue weighted by Crippen LogP contribution is -2.27. The lowest BCUT2D eigenvalue weighted by atomic mass is 9.90. The maximum atomic E-state index is 2.57. The third-order valence-corrected chi connectivity index (χ3v) is 6.53. The molecule has 6 rings (SSSR count). The second kappa shape index (κ2) is 7.69. The van der Waals surface area contributed by atoms with Crippen molar-refractivity contribution in [1.29, 1.82) is 0 Å². The number of para-hydroxylation sites is 1. The quantitative estimate of drug-likeness (QED) is 0.291. The van der Waals surface area contributed by atoms with Gasteiger partial charge < -0.3 is 4.90 Å². The van der Waals surface area contributed by atoms with Crippen molar-refractivity contribution in [3.8, 4) is 22.3 Å². The zero-order valence-electron chi connectivity index (χ0n) is 18.3. The molecule has 0 saturated heterocycles. The largest absolute Gasteiger partial charge is 0.362 e. The molecule has 0 spiro atoms. The fourth-order valence-corrected chi connectivity index (χ4v) is 5.23. The zero-order valence-corrected chi connectivity index (χ0v) is 18.3. The fraction of sp³-hybridized carbons (Fsp3) is 0.0968. The maximum absolute atomic E-state index is 2.57. The molecule has 1 aliphatic heterocycles. The molecule has 0 saturated carbocycles. The molecule has 0 aliphatic carbocycles. The van der Waals surface area contributed by atoms with E-state index in [-0.39, 0.29) is 0 Å². The molecule has 1 heterocycles. The summed E-state index contributed by atoms with van der Waals surface area (Å²) in [5.74, 6) is 0. The SMILES string of the molecule is Cc1cc2c3c(cccc3c1)CN(c1c(-c3ccccc3)cccc1-c1ccccc1)C2. The smallest absolute Gasteiger partial charge is 0.0531 e. The highest BCUT2D eigenvalue weighted by molar-refractivity contribution is 5.95. The number of anilines is 1.